The highest BCUT2D eigenvalue weighted by atomic mass is 32.1. The highest BCUT2D eigenvalue weighted by Crippen LogP contribution is 2.34. The molecular weight excluding hydrogens is 212 g/mol. The van der Waals surface area contributed by atoms with Crippen molar-refractivity contribution in [2.24, 2.45) is 0 Å². The lowest BCUT2D eigenvalue weighted by Gasteiger charge is -2.25. The van der Waals surface area contributed by atoms with Crippen LogP contribution in [0.4, 0.5) is 0 Å². The van der Waals surface area contributed by atoms with Crippen LogP contribution in [0.3, 0.4) is 0 Å². The Balaban J connectivity index is 2.72. The topological polar surface area (TPSA) is 0 Å². The highest BCUT2D eigenvalue weighted by Gasteiger charge is 2.20. The molecule has 0 bridgehead atoms. The van der Waals surface area contributed by atoms with Crippen LogP contribution in [0.5, 0.6) is 0 Å². The van der Waals surface area contributed by atoms with E-state index in [-0.39, 0.29) is 5.41 Å². The van der Waals surface area contributed by atoms with E-state index in [0.29, 0.717) is 5.92 Å². The Hall–Kier alpha value is -0.820. The van der Waals surface area contributed by atoms with Crippen molar-refractivity contribution < 1.29 is 0 Å². The Morgan fingerprint density at radius 1 is 1.00 bits per heavy atom. The van der Waals surface area contributed by atoms with E-state index in [0.717, 1.165) is 0 Å². The van der Waals surface area contributed by atoms with Gasteiger partial charge in [-0.25, -0.2) is 0 Å². The number of rotatable bonds is 1. The average molecular weight is 232 g/mol. The first kappa shape index (κ1) is 11.7. The van der Waals surface area contributed by atoms with Crippen molar-refractivity contribution in [1.82, 2.24) is 0 Å². The standard InChI is InChI=1S/C15H20S/c1-10(2)13-6-11-8-16-9-12(11)7-14(13)15(3,4)5/h6-10H,1-5H3. The molecule has 1 heteroatoms. The average Bonchev–Trinajstić information content (AvgIpc) is 2.60. The molecule has 0 N–H and O–H groups in total. The minimum absolute atomic E-state index is 0.232. The number of hydrogen-bond acceptors (Lipinski definition) is 1. The Bertz CT molecular complexity index is 498. The molecule has 0 atom stereocenters. The van der Waals surface area contributed by atoms with Gasteiger partial charge in [0.05, 0.1) is 0 Å². The molecule has 0 unspecified atom stereocenters. The van der Waals surface area contributed by atoms with Crippen molar-refractivity contribution >= 4 is 22.1 Å². The van der Waals surface area contributed by atoms with Gasteiger partial charge < -0.3 is 0 Å². The maximum atomic E-state index is 2.38. The van der Waals surface area contributed by atoms with Crippen molar-refractivity contribution in [1.29, 1.82) is 0 Å². The van der Waals surface area contributed by atoms with Gasteiger partial charge in [-0.2, -0.15) is 11.3 Å². The van der Waals surface area contributed by atoms with Gasteiger partial charge in [-0.15, -0.1) is 0 Å². The molecule has 2 aromatic rings. The van der Waals surface area contributed by atoms with Gasteiger partial charge in [0.1, 0.15) is 0 Å². The van der Waals surface area contributed by atoms with Crippen LogP contribution in [-0.4, -0.2) is 0 Å². The fourth-order valence-electron chi connectivity index (χ4n) is 2.16. The summed E-state index contributed by atoms with van der Waals surface area (Å²) in [5.41, 5.74) is 3.22. The second-order valence-electron chi connectivity index (χ2n) is 5.84. The maximum absolute atomic E-state index is 2.38. The molecule has 0 nitrogen and oxygen atoms in total. The van der Waals surface area contributed by atoms with Crippen LogP contribution in [0.1, 0.15) is 51.7 Å². The number of hydrogen-bond donors (Lipinski definition) is 0. The fourth-order valence-corrected chi connectivity index (χ4v) is 2.93. The lowest BCUT2D eigenvalue weighted by molar-refractivity contribution is 0.578. The first-order valence-electron chi connectivity index (χ1n) is 5.90. The molecule has 86 valence electrons. The molecule has 0 aliphatic rings. The Morgan fingerprint density at radius 3 is 2.06 bits per heavy atom. The molecule has 0 aliphatic carbocycles. The van der Waals surface area contributed by atoms with Crippen molar-refractivity contribution in [3.63, 3.8) is 0 Å². The molecule has 1 aromatic heterocycles. The van der Waals surface area contributed by atoms with Gasteiger partial charge in [0.2, 0.25) is 0 Å². The summed E-state index contributed by atoms with van der Waals surface area (Å²) in [5.74, 6) is 0.596. The highest BCUT2D eigenvalue weighted by molar-refractivity contribution is 7.09. The second kappa shape index (κ2) is 3.89. The zero-order valence-electron chi connectivity index (χ0n) is 10.8. The minimum Gasteiger partial charge on any atom is -0.151 e. The van der Waals surface area contributed by atoms with Gasteiger partial charge in [0.25, 0.3) is 0 Å². The largest absolute Gasteiger partial charge is 0.151 e. The summed E-state index contributed by atoms with van der Waals surface area (Å²) in [4.78, 5) is 0. The molecule has 0 saturated carbocycles. The van der Waals surface area contributed by atoms with Gasteiger partial charge in [0.15, 0.2) is 0 Å². The third-order valence-corrected chi connectivity index (χ3v) is 3.86. The molecule has 0 fully saturated rings. The second-order valence-corrected chi connectivity index (χ2v) is 6.59. The molecule has 1 aromatic carbocycles. The zero-order chi connectivity index (χ0) is 11.9. The van der Waals surface area contributed by atoms with Crippen molar-refractivity contribution in [2.75, 3.05) is 0 Å². The molecule has 2 rings (SSSR count). The van der Waals surface area contributed by atoms with Crippen LogP contribution < -0.4 is 0 Å². The first-order valence-corrected chi connectivity index (χ1v) is 6.84. The van der Waals surface area contributed by atoms with Crippen LogP contribution in [0.25, 0.3) is 10.8 Å². The quantitative estimate of drug-likeness (QED) is 0.624. The van der Waals surface area contributed by atoms with Crippen molar-refractivity contribution in [3.05, 3.63) is 34.0 Å². The molecule has 0 spiro atoms. The van der Waals surface area contributed by atoms with Crippen LogP contribution >= 0.6 is 11.3 Å². The van der Waals surface area contributed by atoms with E-state index in [9.17, 15) is 0 Å². The van der Waals surface area contributed by atoms with Gasteiger partial charge in [0, 0.05) is 0 Å². The minimum atomic E-state index is 0.232. The number of benzene rings is 1. The van der Waals surface area contributed by atoms with E-state index >= 15 is 0 Å². The van der Waals surface area contributed by atoms with Gasteiger partial charge in [-0.05, 0) is 56.1 Å². The molecule has 0 amide bonds. The summed E-state index contributed by atoms with van der Waals surface area (Å²) in [7, 11) is 0. The van der Waals surface area contributed by atoms with Crippen LogP contribution in [0.2, 0.25) is 0 Å². The van der Waals surface area contributed by atoms with Crippen molar-refractivity contribution in [3.8, 4) is 0 Å². The fraction of sp³-hybridized carbons (Fsp3) is 0.467. The normalized spacial score (nSPS) is 12.6. The SMILES string of the molecule is CC(C)c1cc2cscc2cc1C(C)(C)C. The van der Waals surface area contributed by atoms with Crippen LogP contribution in [0, 0.1) is 0 Å². The predicted octanol–water partition coefficient (Wildman–Crippen LogP) is 5.32. The molecule has 0 saturated heterocycles. The maximum Gasteiger partial charge on any atom is -0.00144 e. The van der Waals surface area contributed by atoms with Gasteiger partial charge in [-0.3, -0.25) is 0 Å². The van der Waals surface area contributed by atoms with E-state index in [1.54, 1.807) is 11.3 Å². The van der Waals surface area contributed by atoms with Gasteiger partial charge in [-0.1, -0.05) is 34.6 Å². The molecule has 0 aliphatic heterocycles. The summed E-state index contributed by atoms with van der Waals surface area (Å²) in [6.07, 6.45) is 0. The molecule has 0 radical (unpaired) electrons. The monoisotopic (exact) mass is 232 g/mol. The summed E-state index contributed by atoms with van der Waals surface area (Å²) in [6.45, 7) is 11.5. The van der Waals surface area contributed by atoms with Gasteiger partial charge >= 0.3 is 0 Å². The Kier molecular flexibility index (Phi) is 2.83. The van der Waals surface area contributed by atoms with E-state index in [1.807, 2.05) is 0 Å². The Morgan fingerprint density at radius 2 is 1.56 bits per heavy atom. The smallest absolute Gasteiger partial charge is 0.00144 e. The predicted molar refractivity (Wildman–Crippen MR) is 74.6 cm³/mol. The zero-order valence-corrected chi connectivity index (χ0v) is 11.6. The van der Waals surface area contributed by atoms with E-state index < -0.39 is 0 Å². The molecule has 1 heterocycles. The number of fused-ring (bicyclic) bond motifs is 1. The van der Waals surface area contributed by atoms with Crippen LogP contribution in [-0.2, 0) is 5.41 Å². The summed E-state index contributed by atoms with van der Waals surface area (Å²) in [5, 5.41) is 7.27. The summed E-state index contributed by atoms with van der Waals surface area (Å²) < 4.78 is 0. The number of thiophene rings is 1. The lowest BCUT2D eigenvalue weighted by atomic mass is 9.80. The van der Waals surface area contributed by atoms with E-state index in [4.69, 9.17) is 0 Å². The Labute approximate surface area is 102 Å². The van der Waals surface area contributed by atoms with E-state index in [1.165, 1.54) is 21.9 Å². The van der Waals surface area contributed by atoms with Crippen LogP contribution in [0.15, 0.2) is 22.9 Å². The molecule has 16 heavy (non-hydrogen) atoms. The molecular formula is C15H20S. The third-order valence-electron chi connectivity index (χ3n) is 3.08. The van der Waals surface area contributed by atoms with E-state index in [2.05, 4.69) is 57.5 Å². The summed E-state index contributed by atoms with van der Waals surface area (Å²) >= 11 is 1.79. The summed E-state index contributed by atoms with van der Waals surface area (Å²) in [6, 6.07) is 4.75. The van der Waals surface area contributed by atoms with Crippen molar-refractivity contribution in [2.45, 2.75) is 46.0 Å². The third kappa shape index (κ3) is 2.01. The lowest BCUT2D eigenvalue weighted by Crippen LogP contribution is -2.14. The first-order chi connectivity index (χ1) is 7.39.